The molecule has 0 amide bonds. The van der Waals surface area contributed by atoms with Gasteiger partial charge in [-0.2, -0.15) is 0 Å². The van der Waals surface area contributed by atoms with E-state index in [0.29, 0.717) is 15.0 Å². The predicted octanol–water partition coefficient (Wildman–Crippen LogP) is 5.60. The molecule has 0 aliphatic heterocycles. The van der Waals surface area contributed by atoms with Gasteiger partial charge in [0.25, 0.3) is 0 Å². The molecule has 0 aliphatic rings. The van der Waals surface area contributed by atoms with Gasteiger partial charge in [0.05, 0.1) is 0 Å². The summed E-state index contributed by atoms with van der Waals surface area (Å²) in [6, 6.07) is 27.6. The first-order valence-corrected chi connectivity index (χ1v) is 10.8. The molecule has 0 N–H and O–H groups in total. The van der Waals surface area contributed by atoms with Crippen LogP contribution in [0.2, 0.25) is 0 Å². The van der Waals surface area contributed by atoms with Crippen molar-refractivity contribution in [1.29, 1.82) is 0 Å². The number of hydrogen-bond donors (Lipinski definition) is 0. The van der Waals surface area contributed by atoms with E-state index in [0.717, 1.165) is 10.9 Å². The second-order valence-electron chi connectivity index (χ2n) is 6.18. The maximum absolute atomic E-state index is 3.31. The topological polar surface area (TPSA) is 0 Å². The fourth-order valence-corrected chi connectivity index (χ4v) is 4.86. The first kappa shape index (κ1) is 18.3. The molecule has 0 saturated heterocycles. The molecule has 0 aliphatic carbocycles. The van der Waals surface area contributed by atoms with E-state index < -0.39 is 0 Å². The Morgan fingerprint density at radius 3 is 2.19 bits per heavy atom. The normalized spacial score (nSPS) is 10.9. The first-order chi connectivity index (χ1) is 12.7. The zero-order valence-electron chi connectivity index (χ0n) is 15.2. The Balaban J connectivity index is 1.88. The second kappa shape index (κ2) is 9.25. The zero-order chi connectivity index (χ0) is 18.2. The van der Waals surface area contributed by atoms with Crippen LogP contribution in [0, 0.1) is 25.7 Å². The van der Waals surface area contributed by atoms with Crippen molar-refractivity contribution in [1.82, 2.24) is 0 Å². The van der Waals surface area contributed by atoms with Crippen molar-refractivity contribution >= 4 is 19.4 Å². The standard InChI is InChI=1S/C25H22Se/c1-20-11-6-8-15-23(20)16-10-18-25(24-17-9-7-12-21(24)2)26-19-22-13-4-3-5-14-22/h3-9,11-15,17-18H,19H2,1-2H3/b25-18-. The Kier molecular flexibility index (Phi) is 6.50. The molecule has 3 aromatic carbocycles. The molecule has 128 valence electrons. The van der Waals surface area contributed by atoms with Gasteiger partial charge in [-0.25, -0.2) is 0 Å². The van der Waals surface area contributed by atoms with E-state index in [1.165, 1.54) is 26.7 Å². The van der Waals surface area contributed by atoms with Gasteiger partial charge in [0.2, 0.25) is 0 Å². The third-order valence-corrected chi connectivity index (χ3v) is 6.57. The first-order valence-electron chi connectivity index (χ1n) is 8.74. The minimum atomic E-state index is 0.341. The van der Waals surface area contributed by atoms with Gasteiger partial charge in [-0.15, -0.1) is 0 Å². The molecule has 26 heavy (non-hydrogen) atoms. The third-order valence-electron chi connectivity index (χ3n) is 4.20. The van der Waals surface area contributed by atoms with E-state index in [9.17, 15) is 0 Å². The molecule has 0 fully saturated rings. The van der Waals surface area contributed by atoms with E-state index >= 15 is 0 Å². The molecular weight excluding hydrogens is 379 g/mol. The van der Waals surface area contributed by atoms with E-state index in [-0.39, 0.29) is 0 Å². The van der Waals surface area contributed by atoms with Crippen molar-refractivity contribution in [3.63, 3.8) is 0 Å². The van der Waals surface area contributed by atoms with E-state index in [4.69, 9.17) is 0 Å². The summed E-state index contributed by atoms with van der Waals surface area (Å²) in [6.07, 6.45) is 2.12. The molecule has 0 radical (unpaired) electrons. The quantitative estimate of drug-likeness (QED) is 0.394. The molecule has 1 heteroatoms. The molecule has 0 spiro atoms. The number of rotatable bonds is 4. The summed E-state index contributed by atoms with van der Waals surface area (Å²) >= 11 is 0.341. The van der Waals surface area contributed by atoms with Gasteiger partial charge in [0.1, 0.15) is 0 Å². The summed E-state index contributed by atoms with van der Waals surface area (Å²) in [5, 5.41) is 1.08. The van der Waals surface area contributed by atoms with Crippen molar-refractivity contribution in [3.8, 4) is 11.8 Å². The molecule has 0 unspecified atom stereocenters. The van der Waals surface area contributed by atoms with Crippen molar-refractivity contribution < 1.29 is 0 Å². The summed E-state index contributed by atoms with van der Waals surface area (Å²) in [5.74, 6) is 6.62. The molecule has 0 bridgehead atoms. The van der Waals surface area contributed by atoms with Crippen LogP contribution in [0.1, 0.15) is 27.8 Å². The average Bonchev–Trinajstić information content (AvgIpc) is 2.67. The van der Waals surface area contributed by atoms with Crippen LogP contribution in [0.15, 0.2) is 84.9 Å². The van der Waals surface area contributed by atoms with Crippen LogP contribution in [-0.4, -0.2) is 15.0 Å². The van der Waals surface area contributed by atoms with Gasteiger partial charge in [0, 0.05) is 0 Å². The van der Waals surface area contributed by atoms with Crippen molar-refractivity contribution in [3.05, 3.63) is 113 Å². The van der Waals surface area contributed by atoms with Crippen LogP contribution >= 0.6 is 0 Å². The summed E-state index contributed by atoms with van der Waals surface area (Å²) in [6.45, 7) is 4.28. The Hall–Kier alpha value is -2.52. The Morgan fingerprint density at radius 1 is 0.808 bits per heavy atom. The number of aryl methyl sites for hydroxylation is 2. The Labute approximate surface area is 163 Å². The van der Waals surface area contributed by atoms with Crippen LogP contribution in [-0.2, 0) is 5.32 Å². The number of benzene rings is 3. The molecule has 0 saturated carbocycles. The predicted molar refractivity (Wildman–Crippen MR) is 113 cm³/mol. The molecular formula is C25H22Se. The van der Waals surface area contributed by atoms with Gasteiger partial charge in [-0.1, -0.05) is 0 Å². The number of allylic oxidation sites excluding steroid dienone is 1. The van der Waals surface area contributed by atoms with Crippen LogP contribution in [0.25, 0.3) is 4.47 Å². The van der Waals surface area contributed by atoms with Crippen LogP contribution in [0.3, 0.4) is 0 Å². The second-order valence-corrected chi connectivity index (χ2v) is 8.32. The molecule has 3 aromatic rings. The third kappa shape index (κ3) is 4.99. The summed E-state index contributed by atoms with van der Waals surface area (Å²) in [5.41, 5.74) is 6.34. The Bertz CT molecular complexity index is 956. The Morgan fingerprint density at radius 2 is 1.46 bits per heavy atom. The average molecular weight is 401 g/mol. The summed E-state index contributed by atoms with van der Waals surface area (Å²) in [7, 11) is 0. The van der Waals surface area contributed by atoms with Gasteiger partial charge < -0.3 is 0 Å². The van der Waals surface area contributed by atoms with E-state index in [1.807, 2.05) is 6.07 Å². The summed E-state index contributed by atoms with van der Waals surface area (Å²) in [4.78, 5) is 0. The molecule has 0 aromatic heterocycles. The van der Waals surface area contributed by atoms with E-state index in [2.05, 4.69) is 105 Å². The fourth-order valence-electron chi connectivity index (χ4n) is 2.67. The van der Waals surface area contributed by atoms with Gasteiger partial charge in [-0.05, 0) is 0 Å². The van der Waals surface area contributed by atoms with Crippen molar-refractivity contribution in [2.24, 2.45) is 0 Å². The minimum absolute atomic E-state index is 0.341. The zero-order valence-corrected chi connectivity index (χ0v) is 16.9. The molecule has 0 atom stereocenters. The van der Waals surface area contributed by atoms with Crippen molar-refractivity contribution in [2.45, 2.75) is 19.2 Å². The number of hydrogen-bond acceptors (Lipinski definition) is 0. The van der Waals surface area contributed by atoms with Crippen molar-refractivity contribution in [2.75, 3.05) is 0 Å². The van der Waals surface area contributed by atoms with E-state index in [1.54, 1.807) is 0 Å². The summed E-state index contributed by atoms with van der Waals surface area (Å²) < 4.78 is 1.36. The monoisotopic (exact) mass is 402 g/mol. The van der Waals surface area contributed by atoms with Gasteiger partial charge >= 0.3 is 163 Å². The molecule has 0 heterocycles. The molecule has 3 rings (SSSR count). The fraction of sp³-hybridized carbons (Fsp3) is 0.120. The van der Waals surface area contributed by atoms with Crippen LogP contribution < -0.4 is 0 Å². The van der Waals surface area contributed by atoms with Gasteiger partial charge in [0.15, 0.2) is 0 Å². The molecule has 0 nitrogen and oxygen atoms in total. The van der Waals surface area contributed by atoms with Crippen LogP contribution in [0.4, 0.5) is 0 Å². The maximum atomic E-state index is 3.31. The van der Waals surface area contributed by atoms with Crippen LogP contribution in [0.5, 0.6) is 0 Å². The van der Waals surface area contributed by atoms with Gasteiger partial charge in [-0.3, -0.25) is 0 Å². The SMILES string of the molecule is Cc1ccccc1C#C/C=C(\[Se]Cc1ccccc1)c1ccccc1C.